The van der Waals surface area contributed by atoms with Crippen molar-refractivity contribution in [1.29, 1.82) is 0 Å². The van der Waals surface area contributed by atoms with Gasteiger partial charge in [0.15, 0.2) is 5.82 Å². The Morgan fingerprint density at radius 2 is 1.69 bits per heavy atom. The van der Waals surface area contributed by atoms with Crippen LogP contribution in [0.15, 0.2) is 95.3 Å². The Balaban J connectivity index is 1.05. The van der Waals surface area contributed by atoms with Crippen LogP contribution in [0.2, 0.25) is 0 Å². The molecule has 3 aromatic carbocycles. The van der Waals surface area contributed by atoms with Crippen LogP contribution in [0.1, 0.15) is 97.2 Å². The Labute approximate surface area is 372 Å². The van der Waals surface area contributed by atoms with Gasteiger partial charge in [0.25, 0.3) is 15.9 Å². The van der Waals surface area contributed by atoms with Gasteiger partial charge >= 0.3 is 5.69 Å². The molecule has 65 heavy (non-hydrogen) atoms. The third-order valence-electron chi connectivity index (χ3n) is 13.4. The lowest BCUT2D eigenvalue weighted by Gasteiger charge is -2.35. The van der Waals surface area contributed by atoms with Gasteiger partial charge in [-0.3, -0.25) is 23.3 Å². The molecule has 1 aliphatic carbocycles. The molecule has 0 bridgehead atoms. The van der Waals surface area contributed by atoms with E-state index in [9.17, 15) is 13.2 Å². The highest BCUT2D eigenvalue weighted by Gasteiger charge is 2.39. The van der Waals surface area contributed by atoms with E-state index in [4.69, 9.17) is 9.84 Å². The van der Waals surface area contributed by atoms with E-state index in [0.717, 1.165) is 35.2 Å². The van der Waals surface area contributed by atoms with Crippen LogP contribution in [-0.4, -0.2) is 80.4 Å². The van der Waals surface area contributed by atoms with Crippen molar-refractivity contribution < 1.29 is 26.7 Å². The number of fused-ring (bicyclic) bond motifs is 3. The smallest absolute Gasteiger partial charge is 0.338 e. The molecule has 0 radical (unpaired) electrons. The van der Waals surface area contributed by atoms with Gasteiger partial charge in [-0.05, 0) is 118 Å². The number of benzene rings is 3. The maximum absolute atomic E-state index is 16.1. The molecule has 2 fully saturated rings. The largest absolute Gasteiger partial charge is 0.376 e. The monoisotopic (exact) mass is 900 g/mol. The summed E-state index contributed by atoms with van der Waals surface area (Å²) in [4.78, 5) is 31.4. The third-order valence-corrected chi connectivity index (χ3v) is 15.1. The number of amides is 1. The van der Waals surface area contributed by atoms with E-state index >= 15 is 13.6 Å². The fourth-order valence-corrected chi connectivity index (χ4v) is 11.5. The number of nitrogens with zero attached hydrogens (tertiary/aromatic N) is 10. The van der Waals surface area contributed by atoms with E-state index in [1.807, 2.05) is 19.1 Å². The maximum atomic E-state index is 16.1. The van der Waals surface area contributed by atoms with E-state index in [0.29, 0.717) is 45.5 Å². The van der Waals surface area contributed by atoms with E-state index in [1.54, 1.807) is 58.7 Å². The Bertz CT molecular complexity index is 3440. The van der Waals surface area contributed by atoms with E-state index in [-0.39, 0.29) is 63.7 Å². The number of ether oxygens (including phenoxy) is 1. The van der Waals surface area contributed by atoms with Crippen molar-refractivity contribution in [1.82, 2.24) is 47.3 Å². The van der Waals surface area contributed by atoms with Crippen LogP contribution < -0.4 is 5.69 Å². The minimum atomic E-state index is -4.35. The van der Waals surface area contributed by atoms with Crippen molar-refractivity contribution >= 4 is 37.7 Å². The molecule has 1 saturated carbocycles. The fraction of sp³-hybridized carbons (Fsp3) is 0.340. The molecule has 8 aromatic rings. The molecular formula is C47H46F2N10O5S. The highest BCUT2D eigenvalue weighted by Crippen LogP contribution is 2.43. The first-order valence-corrected chi connectivity index (χ1v) is 23.2. The molecule has 15 nitrogen and oxygen atoms in total. The second kappa shape index (κ2) is 14.7. The number of carbonyl (C=O) groups excluding carboxylic acids is 1. The fourth-order valence-electron chi connectivity index (χ4n) is 9.97. The lowest BCUT2D eigenvalue weighted by atomic mass is 9.83. The van der Waals surface area contributed by atoms with Gasteiger partial charge in [0.05, 0.1) is 57.5 Å². The zero-order valence-corrected chi connectivity index (χ0v) is 37.3. The third kappa shape index (κ3) is 6.58. The Morgan fingerprint density at radius 3 is 2.45 bits per heavy atom. The van der Waals surface area contributed by atoms with Gasteiger partial charge in [0.1, 0.15) is 22.2 Å². The lowest BCUT2D eigenvalue weighted by Crippen LogP contribution is -2.40. The Morgan fingerprint density at radius 1 is 0.908 bits per heavy atom. The van der Waals surface area contributed by atoms with Crippen molar-refractivity contribution in [3.05, 3.63) is 136 Å². The van der Waals surface area contributed by atoms with Gasteiger partial charge in [-0.15, -0.1) is 0 Å². The van der Waals surface area contributed by atoms with Gasteiger partial charge < -0.3 is 9.64 Å². The average molecular weight is 901 g/mol. The van der Waals surface area contributed by atoms with Crippen LogP contribution in [0.5, 0.6) is 0 Å². The number of carbonyl (C=O) groups is 1. The molecule has 0 spiro atoms. The van der Waals surface area contributed by atoms with E-state index in [1.165, 1.54) is 56.9 Å². The van der Waals surface area contributed by atoms with E-state index in [2.05, 4.69) is 24.0 Å². The molecular weight excluding hydrogens is 855 g/mol. The Hall–Kier alpha value is -6.66. The molecule has 5 aromatic heterocycles. The van der Waals surface area contributed by atoms with Gasteiger partial charge in [0.2, 0.25) is 0 Å². The first kappa shape index (κ1) is 41.1. The minimum absolute atomic E-state index is 0.0168. The molecule has 0 N–H and O–H groups in total. The van der Waals surface area contributed by atoms with Crippen molar-refractivity contribution in [3.8, 4) is 17.2 Å². The molecule has 2 aliphatic heterocycles. The summed E-state index contributed by atoms with van der Waals surface area (Å²) >= 11 is 0. The summed E-state index contributed by atoms with van der Waals surface area (Å²) in [6.45, 7) is 6.71. The van der Waals surface area contributed by atoms with Crippen LogP contribution in [0.4, 0.5) is 8.78 Å². The summed E-state index contributed by atoms with van der Waals surface area (Å²) in [5, 5.41) is 14.2. The minimum Gasteiger partial charge on any atom is -0.376 e. The second-order valence-electron chi connectivity index (χ2n) is 18.2. The van der Waals surface area contributed by atoms with Crippen molar-refractivity contribution in [2.45, 2.75) is 81.2 Å². The number of aromatic nitrogens is 9. The quantitative estimate of drug-likeness (QED) is 0.155. The molecule has 3 aliphatic rings. The molecule has 18 heteroatoms. The average Bonchev–Trinajstić information content (AvgIpc) is 3.61. The van der Waals surface area contributed by atoms with Crippen LogP contribution in [0, 0.1) is 11.6 Å². The number of imidazole rings is 1. The SMILES string of the molecule is C[C@H]1c2c(nn(-c3ccc(F)c(C4CC4)c3)c2-n2ccn(-c3ccc4c(cnn4C)c3F)c2=O)CCN1C(=O)c1cc2cc([C@@H]3CCOC(C)(C)C3)ccc2n1S(=O)(=O)c1cnn(C)c1. The standard InChI is InChI=1S/C47H46F2N10O5S/c1-27-42-37(14-16-55(27)45(60)41-21-31-20-29(30-15-19-64-47(2,3)23-30)8-11-38(31)59(41)65(62,63)33-24-50-53(4)26-33)52-58(32-9-10-36(48)34(22-32)28-6-7-28)44(42)57-18-17-56(46(57)61)40-13-12-39-35(43(40)49)25-51-54(39)5/h8-13,17-18,20-22,24-28,30H,6-7,14-16,19,23H2,1-5H3/t27-,30+/m0/s1. The van der Waals surface area contributed by atoms with Crippen LogP contribution in [0.25, 0.3) is 39.0 Å². The molecule has 334 valence electrons. The van der Waals surface area contributed by atoms with Crippen molar-refractivity contribution in [2.75, 3.05) is 13.2 Å². The summed E-state index contributed by atoms with van der Waals surface area (Å²) in [6.07, 6.45) is 10.6. The summed E-state index contributed by atoms with van der Waals surface area (Å²) in [6, 6.07) is 14.5. The molecule has 0 unspecified atom stereocenters. The molecule has 1 amide bonds. The van der Waals surface area contributed by atoms with Gasteiger partial charge in [-0.1, -0.05) is 6.07 Å². The maximum Gasteiger partial charge on any atom is 0.338 e. The predicted octanol–water partition coefficient (Wildman–Crippen LogP) is 7.21. The zero-order chi connectivity index (χ0) is 45.3. The van der Waals surface area contributed by atoms with Crippen LogP contribution in [0.3, 0.4) is 0 Å². The first-order valence-electron chi connectivity index (χ1n) is 21.8. The number of aryl methyl sites for hydroxylation is 2. The highest BCUT2D eigenvalue weighted by atomic mass is 32.2. The molecule has 2 atom stereocenters. The summed E-state index contributed by atoms with van der Waals surface area (Å²) in [5.41, 5.74) is 3.16. The van der Waals surface area contributed by atoms with Gasteiger partial charge in [0, 0.05) is 63.2 Å². The van der Waals surface area contributed by atoms with Gasteiger partial charge in [-0.25, -0.2) is 30.6 Å². The van der Waals surface area contributed by atoms with Crippen LogP contribution in [-0.2, 0) is 35.3 Å². The molecule has 7 heterocycles. The van der Waals surface area contributed by atoms with Gasteiger partial charge in [-0.2, -0.15) is 15.3 Å². The predicted molar refractivity (Wildman–Crippen MR) is 238 cm³/mol. The normalized spacial score (nSPS) is 18.8. The number of hydrogen-bond donors (Lipinski definition) is 0. The van der Waals surface area contributed by atoms with Crippen molar-refractivity contribution in [3.63, 3.8) is 0 Å². The van der Waals surface area contributed by atoms with Crippen LogP contribution >= 0.6 is 0 Å². The number of hydrogen-bond acceptors (Lipinski definition) is 8. The zero-order valence-electron chi connectivity index (χ0n) is 36.4. The Kier molecular flexibility index (Phi) is 9.28. The topological polar surface area (TPSA) is 149 Å². The van der Waals surface area contributed by atoms with Crippen molar-refractivity contribution in [2.24, 2.45) is 14.1 Å². The summed E-state index contributed by atoms with van der Waals surface area (Å²) < 4.78 is 74.9. The summed E-state index contributed by atoms with van der Waals surface area (Å²) in [7, 11) is -1.02. The van der Waals surface area contributed by atoms with E-state index < -0.39 is 33.5 Å². The number of halogens is 2. The second-order valence-corrected chi connectivity index (χ2v) is 20.0. The summed E-state index contributed by atoms with van der Waals surface area (Å²) in [5.74, 6) is -0.968. The molecule has 11 rings (SSSR count). The highest BCUT2D eigenvalue weighted by molar-refractivity contribution is 7.90. The number of rotatable bonds is 8. The first-order chi connectivity index (χ1) is 31.1. The lowest BCUT2D eigenvalue weighted by molar-refractivity contribution is -0.0592. The molecule has 1 saturated heterocycles.